The molecule has 2 aromatic heterocycles. The number of hydrogen-bond donors (Lipinski definition) is 1. The smallest absolute Gasteiger partial charge is 0.213 e. The molecule has 6 nitrogen and oxygen atoms in total. The quantitative estimate of drug-likeness (QED) is 0.761. The third kappa shape index (κ3) is 2.66. The zero-order valence-electron chi connectivity index (χ0n) is 9.36. The van der Waals surface area contributed by atoms with Crippen molar-refractivity contribution in [2.24, 2.45) is 0 Å². The van der Waals surface area contributed by atoms with Gasteiger partial charge in [-0.05, 0) is 13.8 Å². The molecule has 2 aromatic rings. The van der Waals surface area contributed by atoms with E-state index in [4.69, 9.17) is 4.42 Å². The molecule has 0 aliphatic carbocycles. The molecule has 0 aliphatic rings. The molecule has 0 fully saturated rings. The van der Waals surface area contributed by atoms with Gasteiger partial charge in [0, 0.05) is 13.0 Å². The van der Waals surface area contributed by atoms with Gasteiger partial charge in [-0.3, -0.25) is 0 Å². The van der Waals surface area contributed by atoms with E-state index in [2.05, 4.69) is 25.0 Å². The molecule has 1 N–H and O–H groups in total. The normalized spacial score (nSPS) is 10.9. The lowest BCUT2D eigenvalue weighted by molar-refractivity contribution is 0.408. The van der Waals surface area contributed by atoms with Crippen LogP contribution in [0.1, 0.15) is 23.2 Å². The van der Waals surface area contributed by atoms with Crippen LogP contribution in [0.25, 0.3) is 0 Å². The van der Waals surface area contributed by atoms with Crippen molar-refractivity contribution < 1.29 is 8.94 Å². The minimum atomic E-state index is 0.618. The molecule has 86 valence electrons. The first kappa shape index (κ1) is 10.8. The monoisotopic (exact) mass is 222 g/mol. The van der Waals surface area contributed by atoms with E-state index in [0.29, 0.717) is 18.3 Å². The number of aryl methyl sites for hydroxylation is 2. The van der Waals surface area contributed by atoms with Crippen LogP contribution in [0.5, 0.6) is 0 Å². The summed E-state index contributed by atoms with van der Waals surface area (Å²) in [5.74, 6) is 2.28. The third-order valence-electron chi connectivity index (χ3n) is 2.28. The van der Waals surface area contributed by atoms with Gasteiger partial charge in [-0.2, -0.15) is 4.98 Å². The maximum atomic E-state index is 5.43. The van der Waals surface area contributed by atoms with E-state index in [1.54, 1.807) is 0 Å². The van der Waals surface area contributed by atoms with E-state index in [1.165, 1.54) is 6.39 Å². The van der Waals surface area contributed by atoms with Gasteiger partial charge >= 0.3 is 0 Å². The minimum absolute atomic E-state index is 0.618. The Hall–Kier alpha value is -1.69. The Bertz CT molecular complexity index is 416. The van der Waals surface area contributed by atoms with Crippen molar-refractivity contribution >= 4 is 0 Å². The maximum absolute atomic E-state index is 5.43. The molecular formula is C10H14N4O2. The molecule has 0 aromatic carbocycles. The number of rotatable bonds is 5. The molecule has 6 heteroatoms. The molecule has 0 radical (unpaired) electrons. The number of nitrogens with one attached hydrogen (secondary N) is 1. The highest BCUT2D eigenvalue weighted by molar-refractivity contribution is 5.05. The third-order valence-corrected chi connectivity index (χ3v) is 2.28. The summed E-state index contributed by atoms with van der Waals surface area (Å²) >= 11 is 0. The first-order valence-electron chi connectivity index (χ1n) is 5.14. The fraction of sp³-hybridized carbons (Fsp3) is 0.500. The lowest BCUT2D eigenvalue weighted by Crippen LogP contribution is -2.17. The van der Waals surface area contributed by atoms with E-state index in [1.807, 2.05) is 13.8 Å². The Labute approximate surface area is 93.1 Å². The molecule has 0 spiro atoms. The van der Waals surface area contributed by atoms with Crippen LogP contribution in [0.15, 0.2) is 15.3 Å². The number of oxazole rings is 1. The van der Waals surface area contributed by atoms with Gasteiger partial charge in [-0.25, -0.2) is 4.98 Å². The van der Waals surface area contributed by atoms with Gasteiger partial charge in [0.1, 0.15) is 5.76 Å². The first-order valence-corrected chi connectivity index (χ1v) is 5.14. The van der Waals surface area contributed by atoms with Crippen LogP contribution in [0.2, 0.25) is 0 Å². The highest BCUT2D eigenvalue weighted by atomic mass is 16.5. The Morgan fingerprint density at radius 2 is 2.25 bits per heavy atom. The largest absolute Gasteiger partial charge is 0.444 e. The SMILES string of the molecule is Cc1nc(CNCCc2ncon2)oc1C. The van der Waals surface area contributed by atoms with Crippen LogP contribution >= 0.6 is 0 Å². The predicted molar refractivity (Wildman–Crippen MR) is 55.7 cm³/mol. The van der Waals surface area contributed by atoms with Crippen LogP contribution in [-0.4, -0.2) is 21.7 Å². The molecule has 0 unspecified atom stereocenters. The molecule has 0 saturated carbocycles. The van der Waals surface area contributed by atoms with Crippen molar-refractivity contribution in [2.75, 3.05) is 6.54 Å². The number of hydrogen-bond acceptors (Lipinski definition) is 6. The van der Waals surface area contributed by atoms with Crippen LogP contribution in [0.4, 0.5) is 0 Å². The summed E-state index contributed by atoms with van der Waals surface area (Å²) in [6, 6.07) is 0. The predicted octanol–water partition coefficient (Wildman–Crippen LogP) is 1.01. The molecule has 0 amide bonds. The Kier molecular flexibility index (Phi) is 3.31. The van der Waals surface area contributed by atoms with Crippen molar-refractivity contribution in [1.29, 1.82) is 0 Å². The highest BCUT2D eigenvalue weighted by Gasteiger charge is 2.04. The molecule has 0 atom stereocenters. The molecule has 2 rings (SSSR count). The molecule has 2 heterocycles. The van der Waals surface area contributed by atoms with Crippen molar-refractivity contribution in [2.45, 2.75) is 26.8 Å². The van der Waals surface area contributed by atoms with Gasteiger partial charge in [0.25, 0.3) is 0 Å². The van der Waals surface area contributed by atoms with Crippen LogP contribution < -0.4 is 5.32 Å². The zero-order chi connectivity index (χ0) is 11.4. The number of nitrogens with zero attached hydrogens (tertiary/aromatic N) is 3. The summed E-state index contributed by atoms with van der Waals surface area (Å²) < 4.78 is 10.1. The van der Waals surface area contributed by atoms with Crippen molar-refractivity contribution in [3.63, 3.8) is 0 Å². The average molecular weight is 222 g/mol. The lowest BCUT2D eigenvalue weighted by atomic mass is 10.4. The second-order valence-corrected chi connectivity index (χ2v) is 3.52. The van der Waals surface area contributed by atoms with Gasteiger partial charge in [0.2, 0.25) is 12.3 Å². The van der Waals surface area contributed by atoms with Crippen molar-refractivity contribution in [3.8, 4) is 0 Å². The summed E-state index contributed by atoms with van der Waals surface area (Å²) in [4.78, 5) is 8.19. The fourth-order valence-corrected chi connectivity index (χ4v) is 1.31. The van der Waals surface area contributed by atoms with Gasteiger partial charge < -0.3 is 14.3 Å². The Morgan fingerprint density at radius 1 is 1.38 bits per heavy atom. The van der Waals surface area contributed by atoms with Gasteiger partial charge in [0.15, 0.2) is 5.82 Å². The van der Waals surface area contributed by atoms with Crippen LogP contribution in [0.3, 0.4) is 0 Å². The molecular weight excluding hydrogens is 208 g/mol. The topological polar surface area (TPSA) is 77.0 Å². The van der Waals surface area contributed by atoms with Crippen LogP contribution in [-0.2, 0) is 13.0 Å². The van der Waals surface area contributed by atoms with Crippen molar-refractivity contribution in [1.82, 2.24) is 20.4 Å². The van der Waals surface area contributed by atoms with E-state index in [0.717, 1.165) is 24.4 Å². The summed E-state index contributed by atoms with van der Waals surface area (Å²) in [6.45, 7) is 5.22. The van der Waals surface area contributed by atoms with Crippen LogP contribution in [0, 0.1) is 13.8 Å². The average Bonchev–Trinajstić information content (AvgIpc) is 2.85. The molecule has 0 aliphatic heterocycles. The second-order valence-electron chi connectivity index (χ2n) is 3.52. The summed E-state index contributed by atoms with van der Waals surface area (Å²) in [6.07, 6.45) is 2.06. The lowest BCUT2D eigenvalue weighted by Gasteiger charge is -1.98. The maximum Gasteiger partial charge on any atom is 0.213 e. The van der Waals surface area contributed by atoms with Crippen molar-refractivity contribution in [3.05, 3.63) is 29.6 Å². The molecule has 16 heavy (non-hydrogen) atoms. The molecule has 0 bridgehead atoms. The Balaban J connectivity index is 1.72. The zero-order valence-corrected chi connectivity index (χ0v) is 9.36. The first-order chi connectivity index (χ1) is 7.75. The standard InChI is InChI=1S/C10H14N4O2/c1-7-8(2)16-10(13-7)5-11-4-3-9-12-6-15-14-9/h6,11H,3-5H2,1-2H3. The number of aromatic nitrogens is 3. The van der Waals surface area contributed by atoms with E-state index < -0.39 is 0 Å². The van der Waals surface area contributed by atoms with E-state index in [9.17, 15) is 0 Å². The van der Waals surface area contributed by atoms with Gasteiger partial charge in [-0.1, -0.05) is 5.16 Å². The minimum Gasteiger partial charge on any atom is -0.444 e. The summed E-state index contributed by atoms with van der Waals surface area (Å²) in [5, 5.41) is 6.92. The summed E-state index contributed by atoms with van der Waals surface area (Å²) in [7, 11) is 0. The highest BCUT2D eigenvalue weighted by Crippen LogP contribution is 2.07. The van der Waals surface area contributed by atoms with Gasteiger partial charge in [-0.15, -0.1) is 0 Å². The second kappa shape index (κ2) is 4.89. The summed E-state index contributed by atoms with van der Waals surface area (Å²) in [5.41, 5.74) is 0.940. The van der Waals surface area contributed by atoms with Gasteiger partial charge in [0.05, 0.1) is 12.2 Å². The van der Waals surface area contributed by atoms with E-state index in [-0.39, 0.29) is 0 Å². The fourth-order valence-electron chi connectivity index (χ4n) is 1.31. The Morgan fingerprint density at radius 3 is 2.88 bits per heavy atom. The molecule has 0 saturated heterocycles. The van der Waals surface area contributed by atoms with E-state index >= 15 is 0 Å².